The van der Waals surface area contributed by atoms with Gasteiger partial charge in [-0.2, -0.15) is 4.98 Å². The minimum atomic E-state index is -0.172. The zero-order chi connectivity index (χ0) is 16.8. The Morgan fingerprint density at radius 2 is 1.83 bits per heavy atom. The summed E-state index contributed by atoms with van der Waals surface area (Å²) < 4.78 is 11.3. The molecule has 0 aliphatic heterocycles. The summed E-state index contributed by atoms with van der Waals surface area (Å²) in [6.07, 6.45) is 0. The Labute approximate surface area is 138 Å². The third-order valence-corrected chi connectivity index (χ3v) is 4.29. The molecule has 23 heavy (non-hydrogen) atoms. The number of nitrogen functional groups attached to an aromatic ring is 1. The molecule has 122 valence electrons. The maximum absolute atomic E-state index is 6.03. The SMILES string of the molecule is Cc1oc2nc(CSc3nnc(C(C)(C)C)o3)nc(N)c2c1C. The van der Waals surface area contributed by atoms with Gasteiger partial charge >= 0.3 is 0 Å². The molecule has 3 aromatic rings. The highest BCUT2D eigenvalue weighted by atomic mass is 32.2. The number of anilines is 1. The minimum absolute atomic E-state index is 0.172. The van der Waals surface area contributed by atoms with Crippen LogP contribution in [0.2, 0.25) is 0 Å². The Balaban J connectivity index is 1.81. The van der Waals surface area contributed by atoms with Crippen molar-refractivity contribution in [2.75, 3.05) is 5.73 Å². The Morgan fingerprint density at radius 3 is 2.48 bits per heavy atom. The number of nitrogens with zero attached hydrogens (tertiary/aromatic N) is 4. The van der Waals surface area contributed by atoms with Crippen molar-refractivity contribution in [3.63, 3.8) is 0 Å². The van der Waals surface area contributed by atoms with E-state index in [1.807, 2.05) is 34.6 Å². The summed E-state index contributed by atoms with van der Waals surface area (Å²) in [5.41, 5.74) is 7.35. The quantitative estimate of drug-likeness (QED) is 0.727. The third-order valence-electron chi connectivity index (χ3n) is 3.48. The second-order valence-corrected chi connectivity index (χ2v) is 7.33. The zero-order valence-corrected chi connectivity index (χ0v) is 14.6. The van der Waals surface area contributed by atoms with Crippen LogP contribution >= 0.6 is 11.8 Å². The van der Waals surface area contributed by atoms with E-state index in [1.54, 1.807) is 0 Å². The summed E-state index contributed by atoms with van der Waals surface area (Å²) in [4.78, 5) is 8.76. The third kappa shape index (κ3) is 3.03. The molecule has 0 aliphatic rings. The lowest BCUT2D eigenvalue weighted by molar-refractivity contribution is 0.347. The van der Waals surface area contributed by atoms with Crippen LogP contribution in [-0.4, -0.2) is 20.2 Å². The van der Waals surface area contributed by atoms with E-state index in [1.165, 1.54) is 11.8 Å². The van der Waals surface area contributed by atoms with Crippen molar-refractivity contribution in [2.24, 2.45) is 0 Å². The average Bonchev–Trinajstić information content (AvgIpc) is 3.02. The van der Waals surface area contributed by atoms with E-state index in [-0.39, 0.29) is 5.41 Å². The summed E-state index contributed by atoms with van der Waals surface area (Å²) in [5, 5.41) is 9.37. The molecule has 0 saturated carbocycles. The molecule has 0 atom stereocenters. The number of aromatic nitrogens is 4. The number of hydrogen-bond acceptors (Lipinski definition) is 8. The van der Waals surface area contributed by atoms with Crippen molar-refractivity contribution in [1.82, 2.24) is 20.2 Å². The molecule has 3 heterocycles. The fourth-order valence-corrected chi connectivity index (χ4v) is 2.71. The molecule has 0 radical (unpaired) electrons. The van der Waals surface area contributed by atoms with Gasteiger partial charge in [-0.05, 0) is 13.8 Å². The van der Waals surface area contributed by atoms with Gasteiger partial charge in [-0.3, -0.25) is 0 Å². The van der Waals surface area contributed by atoms with Gasteiger partial charge in [-0.1, -0.05) is 32.5 Å². The highest BCUT2D eigenvalue weighted by Crippen LogP contribution is 2.29. The van der Waals surface area contributed by atoms with E-state index < -0.39 is 0 Å². The fraction of sp³-hybridized carbons (Fsp3) is 0.467. The van der Waals surface area contributed by atoms with Crippen LogP contribution in [0.4, 0.5) is 5.82 Å². The van der Waals surface area contributed by atoms with Gasteiger partial charge in [0, 0.05) is 11.0 Å². The van der Waals surface area contributed by atoms with E-state index in [0.29, 0.717) is 34.2 Å². The van der Waals surface area contributed by atoms with Crippen molar-refractivity contribution in [3.8, 4) is 0 Å². The summed E-state index contributed by atoms with van der Waals surface area (Å²) in [5.74, 6) is 2.89. The number of fused-ring (bicyclic) bond motifs is 1. The van der Waals surface area contributed by atoms with Crippen molar-refractivity contribution < 1.29 is 8.83 Å². The molecule has 2 N–H and O–H groups in total. The largest absolute Gasteiger partial charge is 0.443 e. The first-order chi connectivity index (χ1) is 10.8. The smallest absolute Gasteiger partial charge is 0.277 e. The maximum atomic E-state index is 6.03. The van der Waals surface area contributed by atoms with Crippen LogP contribution in [0.5, 0.6) is 0 Å². The maximum Gasteiger partial charge on any atom is 0.277 e. The lowest BCUT2D eigenvalue weighted by atomic mass is 9.97. The topological polar surface area (TPSA) is 104 Å². The molecule has 0 unspecified atom stereocenters. The minimum Gasteiger partial charge on any atom is -0.443 e. The fourth-order valence-electron chi connectivity index (χ4n) is 2.09. The predicted octanol–water partition coefficient (Wildman–Crippen LogP) is 3.39. The van der Waals surface area contributed by atoms with E-state index in [0.717, 1.165) is 16.7 Å². The summed E-state index contributed by atoms with van der Waals surface area (Å²) in [6, 6.07) is 0. The number of hydrogen-bond donors (Lipinski definition) is 1. The van der Waals surface area contributed by atoms with Crippen molar-refractivity contribution >= 4 is 28.7 Å². The Hall–Kier alpha value is -2.09. The Kier molecular flexibility index (Phi) is 3.79. The first-order valence-corrected chi connectivity index (χ1v) is 8.23. The van der Waals surface area contributed by atoms with Gasteiger partial charge in [0.05, 0.1) is 11.1 Å². The zero-order valence-electron chi connectivity index (χ0n) is 13.8. The van der Waals surface area contributed by atoms with E-state index >= 15 is 0 Å². The lowest BCUT2D eigenvalue weighted by Gasteiger charge is -2.10. The standard InChI is InChI=1S/C15H19N5O2S/c1-7-8(2)21-12-10(7)11(16)17-9(18-12)6-23-14-20-19-13(22-14)15(3,4)5/h6H2,1-5H3,(H2,16,17,18). The van der Waals surface area contributed by atoms with Gasteiger partial charge < -0.3 is 14.6 Å². The van der Waals surface area contributed by atoms with Crippen LogP contribution in [0.15, 0.2) is 14.1 Å². The van der Waals surface area contributed by atoms with Crippen LogP contribution in [0, 0.1) is 13.8 Å². The van der Waals surface area contributed by atoms with Gasteiger partial charge in [0.15, 0.2) is 0 Å². The van der Waals surface area contributed by atoms with Gasteiger partial charge in [0.1, 0.15) is 17.4 Å². The van der Waals surface area contributed by atoms with Gasteiger partial charge in [-0.25, -0.2) is 4.98 Å². The highest BCUT2D eigenvalue weighted by Gasteiger charge is 2.22. The van der Waals surface area contributed by atoms with Crippen molar-refractivity contribution in [3.05, 3.63) is 23.0 Å². The highest BCUT2D eigenvalue weighted by molar-refractivity contribution is 7.98. The molecule has 8 heteroatoms. The molecular formula is C15H19N5O2S. The number of aryl methyl sites for hydroxylation is 2. The number of furan rings is 1. The first kappa shape index (κ1) is 15.8. The van der Waals surface area contributed by atoms with Crippen LogP contribution in [0.25, 0.3) is 11.1 Å². The van der Waals surface area contributed by atoms with Crippen molar-refractivity contribution in [1.29, 1.82) is 0 Å². The second-order valence-electron chi connectivity index (χ2n) is 6.40. The number of nitrogens with two attached hydrogens (primary N) is 1. The molecule has 0 bridgehead atoms. The molecule has 7 nitrogen and oxygen atoms in total. The molecule has 0 fully saturated rings. The summed E-state index contributed by atoms with van der Waals surface area (Å²) in [7, 11) is 0. The first-order valence-electron chi connectivity index (χ1n) is 7.24. The lowest BCUT2D eigenvalue weighted by Crippen LogP contribution is -2.11. The Morgan fingerprint density at radius 1 is 1.09 bits per heavy atom. The van der Waals surface area contributed by atoms with E-state index in [4.69, 9.17) is 14.6 Å². The predicted molar refractivity (Wildman–Crippen MR) is 88.2 cm³/mol. The monoisotopic (exact) mass is 333 g/mol. The summed E-state index contributed by atoms with van der Waals surface area (Å²) in [6.45, 7) is 9.90. The van der Waals surface area contributed by atoms with Crippen LogP contribution in [0.3, 0.4) is 0 Å². The van der Waals surface area contributed by atoms with Gasteiger partial charge in [-0.15, -0.1) is 10.2 Å². The molecule has 0 aromatic carbocycles. The van der Waals surface area contributed by atoms with Crippen LogP contribution in [-0.2, 0) is 11.2 Å². The molecule has 0 aliphatic carbocycles. The average molecular weight is 333 g/mol. The molecule has 0 saturated heterocycles. The Bertz CT molecular complexity index is 863. The summed E-state index contributed by atoms with van der Waals surface area (Å²) >= 11 is 1.38. The van der Waals surface area contributed by atoms with E-state index in [2.05, 4.69) is 20.2 Å². The number of thioether (sulfide) groups is 1. The van der Waals surface area contributed by atoms with Crippen LogP contribution < -0.4 is 5.73 Å². The molecule has 3 rings (SSSR count). The van der Waals surface area contributed by atoms with Crippen LogP contribution in [0.1, 0.15) is 43.8 Å². The number of rotatable bonds is 3. The van der Waals surface area contributed by atoms with E-state index in [9.17, 15) is 0 Å². The van der Waals surface area contributed by atoms with Gasteiger partial charge in [0.25, 0.3) is 5.22 Å². The van der Waals surface area contributed by atoms with Crippen molar-refractivity contribution in [2.45, 2.75) is 51.0 Å². The molecule has 3 aromatic heterocycles. The molecule has 0 spiro atoms. The molecule has 0 amide bonds. The second kappa shape index (κ2) is 5.52. The normalized spacial score (nSPS) is 12.2. The van der Waals surface area contributed by atoms with Gasteiger partial charge in [0.2, 0.25) is 11.6 Å². The molecular weight excluding hydrogens is 314 g/mol.